The van der Waals surface area contributed by atoms with Crippen LogP contribution in [0.25, 0.3) is 5.57 Å². The van der Waals surface area contributed by atoms with E-state index in [1.807, 2.05) is 48.6 Å². The smallest absolute Gasteiger partial charge is 0.278 e. The van der Waals surface area contributed by atoms with Gasteiger partial charge < -0.3 is 10.1 Å². The van der Waals surface area contributed by atoms with E-state index in [0.717, 1.165) is 11.1 Å². The minimum Gasteiger partial charge on any atom is -0.501 e. The molecule has 1 amide bonds. The molecule has 1 aliphatic rings. The Balaban J connectivity index is 0.00000361. The summed E-state index contributed by atoms with van der Waals surface area (Å²) in [7, 11) is 1.53. The third-order valence-corrected chi connectivity index (χ3v) is 6.35. The fourth-order valence-electron chi connectivity index (χ4n) is 3.88. The molecule has 1 aliphatic carbocycles. The van der Waals surface area contributed by atoms with Gasteiger partial charge in [-0.15, -0.1) is 0 Å². The Labute approximate surface area is 245 Å². The first-order valence-corrected chi connectivity index (χ1v) is 11.9. The van der Waals surface area contributed by atoms with Crippen molar-refractivity contribution >= 4 is 34.7 Å². The van der Waals surface area contributed by atoms with Gasteiger partial charge in [-0.05, 0) is 35.6 Å². The zero-order chi connectivity index (χ0) is 24.8. The second-order valence-corrected chi connectivity index (χ2v) is 8.88. The maximum absolute atomic E-state index is 13.2. The van der Waals surface area contributed by atoms with Gasteiger partial charge in [-0.25, -0.2) is 11.2 Å². The molecule has 0 fully saturated rings. The average molecular weight is 598 g/mol. The van der Waals surface area contributed by atoms with Crippen LogP contribution in [0, 0.1) is 12.5 Å². The number of hydrogen-bond donors (Lipinski definition) is 1. The summed E-state index contributed by atoms with van der Waals surface area (Å²) in [5.74, 6) is 0.251. The molecule has 1 atom stereocenters. The van der Waals surface area contributed by atoms with E-state index in [1.165, 1.54) is 11.8 Å². The summed E-state index contributed by atoms with van der Waals surface area (Å²) in [6, 6.07) is 14.6. The molecule has 0 aliphatic heterocycles. The first kappa shape index (κ1) is 28.3. The van der Waals surface area contributed by atoms with Crippen molar-refractivity contribution in [2.45, 2.75) is 19.4 Å². The molecule has 36 heavy (non-hydrogen) atoms. The Hall–Kier alpha value is -2.25. The molecule has 0 saturated heterocycles. The van der Waals surface area contributed by atoms with Crippen LogP contribution in [0.2, 0.25) is 10.0 Å². The molecule has 3 aromatic rings. The summed E-state index contributed by atoms with van der Waals surface area (Å²) in [5, 5.41) is 7.64. The van der Waals surface area contributed by atoms with Crippen LogP contribution in [0.3, 0.4) is 0 Å². The van der Waals surface area contributed by atoms with Crippen molar-refractivity contribution in [1.82, 2.24) is 15.1 Å². The van der Waals surface area contributed by atoms with E-state index in [0.29, 0.717) is 40.7 Å². The van der Waals surface area contributed by atoms with Crippen molar-refractivity contribution in [1.29, 1.82) is 0 Å². The molecule has 4 rings (SSSR count). The zero-order valence-electron chi connectivity index (χ0n) is 19.7. The number of methoxy groups -OCH3 is 1. The number of allylic oxidation sites excluding steroid dienone is 4. The molecule has 0 spiro atoms. The van der Waals surface area contributed by atoms with Crippen LogP contribution in [0.1, 0.15) is 34.3 Å². The first-order chi connectivity index (χ1) is 17.0. The molecule has 1 heterocycles. The van der Waals surface area contributed by atoms with Crippen LogP contribution < -0.4 is 15.6 Å². The van der Waals surface area contributed by atoms with Gasteiger partial charge in [0.05, 0.1) is 41.0 Å². The van der Waals surface area contributed by atoms with E-state index in [4.69, 9.17) is 27.9 Å². The third-order valence-electron chi connectivity index (χ3n) is 5.72. The molecule has 0 saturated carbocycles. The van der Waals surface area contributed by atoms with E-state index in [-0.39, 0.29) is 55.7 Å². The van der Waals surface area contributed by atoms with Gasteiger partial charge in [-0.2, -0.15) is 11.5 Å². The molecular formula is C27H24Cl2N3O3Y-. The van der Waals surface area contributed by atoms with Crippen molar-refractivity contribution in [3.8, 4) is 5.75 Å². The molecular weight excluding hydrogens is 574 g/mol. The van der Waals surface area contributed by atoms with Crippen molar-refractivity contribution in [2.24, 2.45) is 5.92 Å². The summed E-state index contributed by atoms with van der Waals surface area (Å²) in [5.41, 5.74) is 2.31. The Morgan fingerprint density at radius 3 is 2.53 bits per heavy atom. The number of hydrogen-bond acceptors (Lipinski definition) is 4. The van der Waals surface area contributed by atoms with Crippen LogP contribution in [-0.2, 0) is 39.3 Å². The van der Waals surface area contributed by atoms with Crippen LogP contribution in [0.15, 0.2) is 77.8 Å². The van der Waals surface area contributed by atoms with Gasteiger partial charge in [-0.1, -0.05) is 77.8 Å². The number of benzene rings is 2. The molecule has 6 nitrogen and oxygen atoms in total. The standard InChI is InChI=1S/C27H24Cl2N3O3.Y/c1-35-23-16-31-32(17-19-6-3-2-4-7-19)27(34)24(23)20-12-10-18(11-13-20)14-15-30-26(33)25-21(28)8-5-9-22(25)29;/h2-10,12-13,15-16,18H,11,14,17H2,1H3,(H,30,33);/q-1;. The molecule has 2 aromatic carbocycles. The van der Waals surface area contributed by atoms with Crippen LogP contribution >= 0.6 is 23.2 Å². The predicted molar refractivity (Wildman–Crippen MR) is 139 cm³/mol. The molecule has 0 bridgehead atoms. The molecule has 9 heteroatoms. The van der Waals surface area contributed by atoms with Gasteiger partial charge in [0.25, 0.3) is 5.56 Å². The summed E-state index contributed by atoms with van der Waals surface area (Å²) in [4.78, 5) is 25.7. The van der Waals surface area contributed by atoms with Gasteiger partial charge in [0.1, 0.15) is 0 Å². The Kier molecular flexibility index (Phi) is 10.5. The maximum Gasteiger partial charge on any atom is 0.278 e. The second kappa shape index (κ2) is 13.3. The van der Waals surface area contributed by atoms with E-state index in [1.54, 1.807) is 30.9 Å². The van der Waals surface area contributed by atoms with Crippen molar-refractivity contribution in [2.75, 3.05) is 7.11 Å². The van der Waals surface area contributed by atoms with E-state index in [2.05, 4.69) is 10.4 Å². The van der Waals surface area contributed by atoms with Crippen molar-refractivity contribution < 1.29 is 42.2 Å². The first-order valence-electron chi connectivity index (χ1n) is 11.1. The fraction of sp³-hybridized carbons (Fsp3) is 0.185. The normalized spacial score (nSPS) is 14.5. The van der Waals surface area contributed by atoms with Gasteiger partial charge in [0.15, 0.2) is 5.75 Å². The molecule has 1 aromatic heterocycles. The number of rotatable bonds is 8. The Bertz CT molecular complexity index is 1320. The Morgan fingerprint density at radius 2 is 1.89 bits per heavy atom. The summed E-state index contributed by atoms with van der Waals surface area (Å²) in [6.45, 7) is 2.08. The van der Waals surface area contributed by atoms with Crippen LogP contribution in [-0.4, -0.2) is 22.8 Å². The number of carbonyl (C=O) groups is 1. The largest absolute Gasteiger partial charge is 0.501 e. The van der Waals surface area contributed by atoms with Crippen molar-refractivity contribution in [3.05, 3.63) is 117 Å². The van der Waals surface area contributed by atoms with Gasteiger partial charge >= 0.3 is 0 Å². The van der Waals surface area contributed by atoms with E-state index in [9.17, 15) is 9.59 Å². The average Bonchev–Trinajstić information content (AvgIpc) is 2.86. The van der Waals surface area contributed by atoms with E-state index < -0.39 is 0 Å². The maximum atomic E-state index is 13.2. The minimum absolute atomic E-state index is 0. The topological polar surface area (TPSA) is 73.2 Å². The number of amides is 1. The van der Waals surface area contributed by atoms with Crippen molar-refractivity contribution in [3.63, 3.8) is 0 Å². The number of halogens is 2. The number of nitrogens with one attached hydrogen (secondary N) is 1. The van der Waals surface area contributed by atoms with Crippen LogP contribution in [0.5, 0.6) is 5.75 Å². The summed E-state index contributed by atoms with van der Waals surface area (Å²) in [6.07, 6.45) is 8.84. The second-order valence-electron chi connectivity index (χ2n) is 8.06. The van der Waals surface area contributed by atoms with Crippen LogP contribution in [0.4, 0.5) is 0 Å². The monoisotopic (exact) mass is 597 g/mol. The molecule has 183 valence electrons. The summed E-state index contributed by atoms with van der Waals surface area (Å²) < 4.78 is 6.88. The molecule has 1 N–H and O–H groups in total. The molecule has 1 radical (unpaired) electrons. The predicted octanol–water partition coefficient (Wildman–Crippen LogP) is 5.55. The number of nitrogens with zero attached hydrogens (tertiary/aromatic N) is 2. The van der Waals surface area contributed by atoms with Gasteiger partial charge in [0.2, 0.25) is 5.91 Å². The number of aromatic nitrogens is 2. The number of carbonyl (C=O) groups excluding carboxylic acids is 1. The SMILES string of the molecule is COc1cnn(Cc2ccccc2)c(=O)c1C1=CCC(C[CH-]NC(=O)c2c(Cl)cccc2Cl)C=C1.[Y]. The number of ether oxygens (including phenoxy) is 1. The fourth-order valence-corrected chi connectivity index (χ4v) is 4.45. The quantitative estimate of drug-likeness (QED) is 0.346. The zero-order valence-corrected chi connectivity index (χ0v) is 24.0. The van der Waals surface area contributed by atoms with Gasteiger partial charge in [0, 0.05) is 32.7 Å². The summed E-state index contributed by atoms with van der Waals surface area (Å²) >= 11 is 12.2. The van der Waals surface area contributed by atoms with Gasteiger partial charge in [-0.3, -0.25) is 9.59 Å². The third kappa shape index (κ3) is 6.74. The Morgan fingerprint density at radius 1 is 1.17 bits per heavy atom. The molecule has 1 unspecified atom stereocenters. The van der Waals surface area contributed by atoms with E-state index >= 15 is 0 Å². The minimum atomic E-state index is -0.350.